The molecule has 0 aliphatic heterocycles. The zero-order chi connectivity index (χ0) is 13.8. The molecular formula is C16H23NO2. The Morgan fingerprint density at radius 1 is 1.26 bits per heavy atom. The van der Waals surface area contributed by atoms with Crippen LogP contribution in [0.1, 0.15) is 38.7 Å². The third kappa shape index (κ3) is 3.72. The molecule has 0 aromatic heterocycles. The number of phenolic OH excluding ortho intramolecular Hbond substituents is 1. The molecule has 1 saturated carbocycles. The molecule has 3 heteroatoms. The molecule has 2 rings (SSSR count). The third-order valence-corrected chi connectivity index (χ3v) is 4.35. The van der Waals surface area contributed by atoms with Crippen LogP contribution in [-0.2, 0) is 11.2 Å². The molecule has 2 N–H and O–H groups in total. The second-order valence-corrected chi connectivity index (χ2v) is 5.78. The normalized spacial score (nSPS) is 26.9. The molecule has 19 heavy (non-hydrogen) atoms. The van der Waals surface area contributed by atoms with Crippen LogP contribution in [0.3, 0.4) is 0 Å². The zero-order valence-electron chi connectivity index (χ0n) is 11.7. The van der Waals surface area contributed by atoms with Crippen LogP contribution in [0.25, 0.3) is 0 Å². The van der Waals surface area contributed by atoms with Crippen molar-refractivity contribution in [2.24, 2.45) is 11.8 Å². The average Bonchev–Trinajstić information content (AvgIpc) is 2.38. The Bertz CT molecular complexity index is 427. The van der Waals surface area contributed by atoms with Crippen LogP contribution in [0.4, 0.5) is 0 Å². The van der Waals surface area contributed by atoms with Gasteiger partial charge in [-0.25, -0.2) is 0 Å². The van der Waals surface area contributed by atoms with Crippen molar-refractivity contribution in [3.8, 4) is 5.75 Å². The average molecular weight is 261 g/mol. The molecule has 1 aliphatic rings. The summed E-state index contributed by atoms with van der Waals surface area (Å²) >= 11 is 0. The largest absolute Gasteiger partial charge is 0.508 e. The second kappa shape index (κ2) is 6.09. The van der Waals surface area contributed by atoms with Crippen molar-refractivity contribution in [3.63, 3.8) is 0 Å². The molecular weight excluding hydrogens is 238 g/mol. The molecule has 1 aromatic rings. The van der Waals surface area contributed by atoms with E-state index in [0.29, 0.717) is 24.3 Å². The van der Waals surface area contributed by atoms with Gasteiger partial charge < -0.3 is 10.4 Å². The van der Waals surface area contributed by atoms with Gasteiger partial charge >= 0.3 is 0 Å². The first kappa shape index (κ1) is 13.9. The van der Waals surface area contributed by atoms with Crippen LogP contribution in [0, 0.1) is 11.8 Å². The van der Waals surface area contributed by atoms with E-state index in [2.05, 4.69) is 19.2 Å². The van der Waals surface area contributed by atoms with Crippen molar-refractivity contribution in [1.29, 1.82) is 0 Å². The van der Waals surface area contributed by atoms with Gasteiger partial charge in [-0.2, -0.15) is 0 Å². The van der Waals surface area contributed by atoms with E-state index in [9.17, 15) is 9.90 Å². The smallest absolute Gasteiger partial charge is 0.224 e. The first-order chi connectivity index (χ1) is 9.06. The maximum atomic E-state index is 12.0. The van der Waals surface area contributed by atoms with Crippen molar-refractivity contribution in [1.82, 2.24) is 5.32 Å². The minimum atomic E-state index is 0.0802. The van der Waals surface area contributed by atoms with E-state index in [1.807, 2.05) is 0 Å². The minimum Gasteiger partial charge on any atom is -0.508 e. The fourth-order valence-electron chi connectivity index (χ4n) is 2.84. The van der Waals surface area contributed by atoms with Crippen LogP contribution in [0.2, 0.25) is 0 Å². The molecule has 1 aliphatic carbocycles. The molecule has 0 radical (unpaired) electrons. The maximum absolute atomic E-state index is 12.0. The number of phenols is 1. The molecule has 3 atom stereocenters. The van der Waals surface area contributed by atoms with E-state index >= 15 is 0 Å². The van der Waals surface area contributed by atoms with Crippen LogP contribution in [0.15, 0.2) is 24.3 Å². The summed E-state index contributed by atoms with van der Waals surface area (Å²) in [6.07, 6.45) is 3.95. The number of nitrogens with one attached hydrogen (secondary N) is 1. The molecule has 104 valence electrons. The summed E-state index contributed by atoms with van der Waals surface area (Å²) in [6, 6.07) is 7.14. The van der Waals surface area contributed by atoms with Gasteiger partial charge in [0.1, 0.15) is 5.75 Å². The van der Waals surface area contributed by atoms with Crippen LogP contribution in [0.5, 0.6) is 5.75 Å². The van der Waals surface area contributed by atoms with Crippen molar-refractivity contribution in [3.05, 3.63) is 29.8 Å². The summed E-state index contributed by atoms with van der Waals surface area (Å²) in [7, 11) is 0. The summed E-state index contributed by atoms with van der Waals surface area (Å²) in [4.78, 5) is 12.0. The Hall–Kier alpha value is -1.51. The van der Waals surface area contributed by atoms with Crippen molar-refractivity contribution in [2.75, 3.05) is 0 Å². The van der Waals surface area contributed by atoms with Crippen molar-refractivity contribution in [2.45, 2.75) is 45.6 Å². The van der Waals surface area contributed by atoms with E-state index in [0.717, 1.165) is 12.0 Å². The molecule has 1 amide bonds. The highest BCUT2D eigenvalue weighted by atomic mass is 16.3. The van der Waals surface area contributed by atoms with Crippen molar-refractivity contribution < 1.29 is 9.90 Å². The van der Waals surface area contributed by atoms with Gasteiger partial charge in [-0.3, -0.25) is 4.79 Å². The van der Waals surface area contributed by atoms with Crippen molar-refractivity contribution >= 4 is 5.91 Å². The highest BCUT2D eigenvalue weighted by Crippen LogP contribution is 2.29. The fraction of sp³-hybridized carbons (Fsp3) is 0.562. The van der Waals surface area contributed by atoms with Gasteiger partial charge in [0.15, 0.2) is 0 Å². The van der Waals surface area contributed by atoms with E-state index < -0.39 is 0 Å². The molecule has 0 bridgehead atoms. The lowest BCUT2D eigenvalue weighted by molar-refractivity contribution is -0.121. The summed E-state index contributed by atoms with van der Waals surface area (Å²) in [5.41, 5.74) is 0.937. The molecule has 3 nitrogen and oxygen atoms in total. The molecule has 1 fully saturated rings. The quantitative estimate of drug-likeness (QED) is 0.879. The van der Waals surface area contributed by atoms with E-state index in [-0.39, 0.29) is 11.7 Å². The lowest BCUT2D eigenvalue weighted by Crippen LogP contribution is -2.44. The van der Waals surface area contributed by atoms with Gasteiger partial charge in [0.2, 0.25) is 5.91 Å². The van der Waals surface area contributed by atoms with Gasteiger partial charge in [-0.15, -0.1) is 0 Å². The van der Waals surface area contributed by atoms with Gasteiger partial charge in [0.05, 0.1) is 6.42 Å². The number of benzene rings is 1. The molecule has 1 aromatic carbocycles. The molecule has 0 saturated heterocycles. The second-order valence-electron chi connectivity index (χ2n) is 5.78. The van der Waals surface area contributed by atoms with Gasteiger partial charge in [0.25, 0.3) is 0 Å². The predicted octanol–water partition coefficient (Wildman–Crippen LogP) is 2.88. The maximum Gasteiger partial charge on any atom is 0.224 e. The van der Waals surface area contributed by atoms with Gasteiger partial charge in [-0.05, 0) is 36.0 Å². The van der Waals surface area contributed by atoms with Crippen LogP contribution < -0.4 is 5.32 Å². The first-order valence-electron chi connectivity index (χ1n) is 7.13. The Balaban J connectivity index is 1.88. The van der Waals surface area contributed by atoms with E-state index in [1.54, 1.807) is 24.3 Å². The van der Waals surface area contributed by atoms with Gasteiger partial charge in [-0.1, -0.05) is 38.8 Å². The Morgan fingerprint density at radius 2 is 1.95 bits per heavy atom. The standard InChI is InChI=1S/C16H23NO2/c1-11-4-3-5-15(12(11)2)17-16(19)10-13-6-8-14(18)9-7-13/h6-9,11-12,15,18H,3-5,10H2,1-2H3,(H,17,19). The molecule has 3 unspecified atom stereocenters. The Morgan fingerprint density at radius 3 is 2.63 bits per heavy atom. The predicted molar refractivity (Wildman–Crippen MR) is 75.9 cm³/mol. The fourth-order valence-corrected chi connectivity index (χ4v) is 2.84. The summed E-state index contributed by atoms with van der Waals surface area (Å²) in [5, 5.41) is 12.4. The Labute approximate surface area is 115 Å². The number of amides is 1. The lowest BCUT2D eigenvalue weighted by Gasteiger charge is -2.34. The highest BCUT2D eigenvalue weighted by Gasteiger charge is 2.27. The molecule has 0 heterocycles. The van der Waals surface area contributed by atoms with Crippen LogP contribution in [-0.4, -0.2) is 17.1 Å². The number of aromatic hydroxyl groups is 1. The number of carbonyl (C=O) groups is 1. The monoisotopic (exact) mass is 261 g/mol. The first-order valence-corrected chi connectivity index (χ1v) is 7.13. The number of rotatable bonds is 3. The Kier molecular flexibility index (Phi) is 4.46. The van der Waals surface area contributed by atoms with Gasteiger partial charge in [0, 0.05) is 6.04 Å². The SMILES string of the molecule is CC1CCCC(NC(=O)Cc2ccc(O)cc2)C1C. The summed E-state index contributed by atoms with van der Waals surface area (Å²) in [5.74, 6) is 1.56. The minimum absolute atomic E-state index is 0.0802. The van der Waals surface area contributed by atoms with Crippen LogP contribution >= 0.6 is 0 Å². The molecule has 0 spiro atoms. The number of hydrogen-bond acceptors (Lipinski definition) is 2. The van der Waals surface area contributed by atoms with E-state index in [1.165, 1.54) is 12.8 Å². The zero-order valence-corrected chi connectivity index (χ0v) is 11.7. The lowest BCUT2D eigenvalue weighted by atomic mass is 9.78. The summed E-state index contributed by atoms with van der Waals surface area (Å²) in [6.45, 7) is 4.50. The highest BCUT2D eigenvalue weighted by molar-refractivity contribution is 5.78. The number of hydrogen-bond donors (Lipinski definition) is 2. The third-order valence-electron chi connectivity index (χ3n) is 4.35. The van der Waals surface area contributed by atoms with E-state index in [4.69, 9.17) is 0 Å². The number of carbonyl (C=O) groups excluding carboxylic acids is 1. The topological polar surface area (TPSA) is 49.3 Å². The summed E-state index contributed by atoms with van der Waals surface area (Å²) < 4.78 is 0.